The van der Waals surface area contributed by atoms with Crippen LogP contribution in [0.15, 0.2) is 12.7 Å². The van der Waals surface area contributed by atoms with Gasteiger partial charge in [-0.25, -0.2) is 15.0 Å². The first-order valence-electron chi connectivity index (χ1n) is 6.52. The second kappa shape index (κ2) is 5.19. The van der Waals surface area contributed by atoms with E-state index in [1.807, 2.05) is 14.1 Å². The third-order valence-electron chi connectivity index (χ3n) is 3.55. The first kappa shape index (κ1) is 14.1. The van der Waals surface area contributed by atoms with Gasteiger partial charge in [0.2, 0.25) is 0 Å². The quantitative estimate of drug-likeness (QED) is 0.626. The van der Waals surface area contributed by atoms with Crippen LogP contribution in [0, 0.1) is 0 Å². The predicted molar refractivity (Wildman–Crippen MR) is 72.7 cm³/mol. The van der Waals surface area contributed by atoms with Crippen molar-refractivity contribution in [1.29, 1.82) is 0 Å². The summed E-state index contributed by atoms with van der Waals surface area (Å²) in [5, 5.41) is 29.1. The van der Waals surface area contributed by atoms with Gasteiger partial charge >= 0.3 is 0 Å². The van der Waals surface area contributed by atoms with Gasteiger partial charge in [0.15, 0.2) is 23.2 Å². The minimum atomic E-state index is -1.17. The Morgan fingerprint density at radius 1 is 1.24 bits per heavy atom. The summed E-state index contributed by atoms with van der Waals surface area (Å²) >= 11 is 0. The summed E-state index contributed by atoms with van der Waals surface area (Å²) in [6.45, 7) is -0.376. The molecule has 2 aromatic rings. The number of rotatable bonds is 3. The molecular formula is C12H17N5O4. The van der Waals surface area contributed by atoms with Crippen molar-refractivity contribution in [1.82, 2.24) is 19.5 Å². The molecular weight excluding hydrogens is 278 g/mol. The van der Waals surface area contributed by atoms with Gasteiger partial charge in [-0.15, -0.1) is 0 Å². The van der Waals surface area contributed by atoms with Crippen LogP contribution in [0.4, 0.5) is 5.82 Å². The average molecular weight is 295 g/mol. The van der Waals surface area contributed by atoms with E-state index in [1.54, 1.807) is 4.90 Å². The van der Waals surface area contributed by atoms with Crippen molar-refractivity contribution in [2.45, 2.75) is 24.5 Å². The third-order valence-corrected chi connectivity index (χ3v) is 3.55. The van der Waals surface area contributed by atoms with Gasteiger partial charge in [-0.05, 0) is 0 Å². The molecule has 3 heterocycles. The smallest absolute Gasteiger partial charge is 0.167 e. The molecule has 1 fully saturated rings. The zero-order chi connectivity index (χ0) is 15.1. The number of ether oxygens (including phenoxy) is 1. The summed E-state index contributed by atoms with van der Waals surface area (Å²) in [5.74, 6) is 0.644. The number of aliphatic hydroxyl groups is 3. The lowest BCUT2D eigenvalue weighted by molar-refractivity contribution is -0.0511. The Labute approximate surface area is 120 Å². The molecule has 1 aliphatic heterocycles. The molecule has 1 unspecified atom stereocenters. The van der Waals surface area contributed by atoms with Gasteiger partial charge in [0.25, 0.3) is 0 Å². The molecule has 4 atom stereocenters. The highest BCUT2D eigenvalue weighted by Crippen LogP contribution is 2.32. The van der Waals surface area contributed by atoms with E-state index >= 15 is 0 Å². The minimum absolute atomic E-state index is 0.376. The Hall–Kier alpha value is -1.81. The fourth-order valence-corrected chi connectivity index (χ4v) is 2.46. The molecule has 3 N–H and O–H groups in total. The molecule has 114 valence electrons. The molecule has 0 amide bonds. The molecule has 21 heavy (non-hydrogen) atoms. The van der Waals surface area contributed by atoms with Crippen LogP contribution in [0.2, 0.25) is 0 Å². The van der Waals surface area contributed by atoms with E-state index in [2.05, 4.69) is 15.0 Å². The fourth-order valence-electron chi connectivity index (χ4n) is 2.46. The van der Waals surface area contributed by atoms with Crippen molar-refractivity contribution in [2.24, 2.45) is 0 Å². The largest absolute Gasteiger partial charge is 0.394 e. The lowest BCUT2D eigenvalue weighted by Gasteiger charge is -2.17. The SMILES string of the molecule is CN(C)c1ncnc2c1ncn2[C@@H]1O[C@H](CO)C(O)[C@@H]1O. The molecule has 0 aromatic carbocycles. The summed E-state index contributed by atoms with van der Waals surface area (Å²) in [4.78, 5) is 14.4. The second-order valence-electron chi connectivity index (χ2n) is 5.14. The fraction of sp³-hybridized carbons (Fsp3) is 0.583. The maximum Gasteiger partial charge on any atom is 0.167 e. The van der Waals surface area contributed by atoms with E-state index in [9.17, 15) is 10.2 Å². The van der Waals surface area contributed by atoms with E-state index in [0.717, 1.165) is 0 Å². The van der Waals surface area contributed by atoms with Crippen molar-refractivity contribution < 1.29 is 20.1 Å². The number of hydrogen-bond donors (Lipinski definition) is 3. The number of aliphatic hydroxyl groups excluding tert-OH is 3. The summed E-state index contributed by atoms with van der Waals surface area (Å²) in [5.41, 5.74) is 1.06. The van der Waals surface area contributed by atoms with Crippen LogP contribution in [-0.2, 0) is 4.74 Å². The maximum atomic E-state index is 10.1. The summed E-state index contributed by atoms with van der Waals surface area (Å²) < 4.78 is 7.02. The Bertz CT molecular complexity index is 646. The van der Waals surface area contributed by atoms with Crippen molar-refractivity contribution in [3.63, 3.8) is 0 Å². The monoisotopic (exact) mass is 295 g/mol. The second-order valence-corrected chi connectivity index (χ2v) is 5.14. The van der Waals surface area contributed by atoms with Gasteiger partial charge in [-0.1, -0.05) is 0 Å². The molecule has 0 spiro atoms. The third kappa shape index (κ3) is 2.14. The van der Waals surface area contributed by atoms with E-state index in [4.69, 9.17) is 9.84 Å². The van der Waals surface area contributed by atoms with Crippen LogP contribution in [-0.4, -0.2) is 73.9 Å². The standard InChI is InChI=1S/C12H17N5O4/c1-16(2)10-7-11(14-4-13-10)17(5-15-7)12-9(20)8(19)6(3-18)21-12/h4-6,8-9,12,18-20H,3H2,1-2H3/t6-,8?,9+,12-/m1/s1. The van der Waals surface area contributed by atoms with Gasteiger partial charge in [-0.3, -0.25) is 4.57 Å². The minimum Gasteiger partial charge on any atom is -0.394 e. The summed E-state index contributed by atoms with van der Waals surface area (Å²) in [6, 6.07) is 0. The molecule has 0 aliphatic carbocycles. The summed E-state index contributed by atoms with van der Waals surface area (Å²) in [7, 11) is 3.68. The maximum absolute atomic E-state index is 10.1. The zero-order valence-electron chi connectivity index (χ0n) is 11.7. The average Bonchev–Trinajstić information content (AvgIpc) is 3.01. The van der Waals surface area contributed by atoms with Crippen LogP contribution in [0.1, 0.15) is 6.23 Å². The van der Waals surface area contributed by atoms with Crippen molar-refractivity contribution in [2.75, 3.05) is 25.6 Å². The highest BCUT2D eigenvalue weighted by molar-refractivity contribution is 5.83. The number of nitrogens with zero attached hydrogens (tertiary/aromatic N) is 5. The Balaban J connectivity index is 2.04. The lowest BCUT2D eigenvalue weighted by atomic mass is 10.1. The molecule has 1 saturated heterocycles. The van der Waals surface area contributed by atoms with Gasteiger partial charge in [0.1, 0.15) is 24.6 Å². The lowest BCUT2D eigenvalue weighted by Crippen LogP contribution is -2.33. The molecule has 0 radical (unpaired) electrons. The van der Waals surface area contributed by atoms with Crippen LogP contribution < -0.4 is 4.90 Å². The van der Waals surface area contributed by atoms with E-state index in [1.165, 1.54) is 17.2 Å². The van der Waals surface area contributed by atoms with Crippen molar-refractivity contribution in [3.8, 4) is 0 Å². The Kier molecular flexibility index (Phi) is 3.49. The number of fused-ring (bicyclic) bond motifs is 1. The number of imidazole rings is 1. The van der Waals surface area contributed by atoms with E-state index in [-0.39, 0.29) is 6.61 Å². The number of hydrogen-bond acceptors (Lipinski definition) is 8. The van der Waals surface area contributed by atoms with E-state index in [0.29, 0.717) is 17.0 Å². The Morgan fingerprint density at radius 2 is 2.00 bits per heavy atom. The molecule has 2 aromatic heterocycles. The van der Waals surface area contributed by atoms with Gasteiger partial charge in [0, 0.05) is 14.1 Å². The topological polar surface area (TPSA) is 117 Å². The molecule has 0 bridgehead atoms. The van der Waals surface area contributed by atoms with Crippen molar-refractivity contribution in [3.05, 3.63) is 12.7 Å². The normalized spacial score (nSPS) is 29.2. The zero-order valence-corrected chi connectivity index (χ0v) is 11.7. The van der Waals surface area contributed by atoms with Crippen LogP contribution in [0.3, 0.4) is 0 Å². The van der Waals surface area contributed by atoms with Crippen LogP contribution >= 0.6 is 0 Å². The van der Waals surface area contributed by atoms with Gasteiger partial charge in [-0.2, -0.15) is 0 Å². The first-order valence-corrected chi connectivity index (χ1v) is 6.52. The van der Waals surface area contributed by atoms with Crippen molar-refractivity contribution >= 4 is 17.0 Å². The van der Waals surface area contributed by atoms with Crippen LogP contribution in [0.25, 0.3) is 11.2 Å². The first-order chi connectivity index (χ1) is 10.0. The molecule has 9 heteroatoms. The highest BCUT2D eigenvalue weighted by atomic mass is 16.6. The van der Waals surface area contributed by atoms with Gasteiger partial charge < -0.3 is 25.0 Å². The highest BCUT2D eigenvalue weighted by Gasteiger charge is 2.44. The number of aromatic nitrogens is 4. The molecule has 3 rings (SSSR count). The molecule has 9 nitrogen and oxygen atoms in total. The van der Waals surface area contributed by atoms with Gasteiger partial charge in [0.05, 0.1) is 12.9 Å². The summed E-state index contributed by atoms with van der Waals surface area (Å²) in [6.07, 6.45) is -1.14. The van der Waals surface area contributed by atoms with Crippen LogP contribution in [0.5, 0.6) is 0 Å². The molecule has 1 aliphatic rings. The molecule has 0 saturated carbocycles. The predicted octanol–water partition coefficient (Wildman–Crippen LogP) is -1.50. The Morgan fingerprint density at radius 3 is 2.62 bits per heavy atom. The van der Waals surface area contributed by atoms with E-state index < -0.39 is 24.5 Å². The number of anilines is 1.